The Balaban J connectivity index is 2.52. The van der Waals surface area contributed by atoms with Crippen molar-refractivity contribution in [3.05, 3.63) is 29.3 Å². The van der Waals surface area contributed by atoms with Gasteiger partial charge >= 0.3 is 6.18 Å². The van der Waals surface area contributed by atoms with Gasteiger partial charge in [0, 0.05) is 23.3 Å². The summed E-state index contributed by atoms with van der Waals surface area (Å²) in [4.78, 5) is 2.08. The van der Waals surface area contributed by atoms with Crippen molar-refractivity contribution in [2.75, 3.05) is 11.4 Å². The lowest BCUT2D eigenvalue weighted by atomic mass is 9.99. The summed E-state index contributed by atoms with van der Waals surface area (Å²) in [6.07, 6.45) is -2.39. The third-order valence-corrected chi connectivity index (χ3v) is 4.00. The summed E-state index contributed by atoms with van der Waals surface area (Å²) in [6, 6.07) is 3.61. The fourth-order valence-electron chi connectivity index (χ4n) is 2.70. The van der Waals surface area contributed by atoms with Gasteiger partial charge in [-0.25, -0.2) is 0 Å². The van der Waals surface area contributed by atoms with E-state index in [1.807, 2.05) is 0 Å². The third kappa shape index (κ3) is 2.75. The molecular formula is C14H17F3N2S. The van der Waals surface area contributed by atoms with E-state index in [0.29, 0.717) is 11.3 Å². The summed E-state index contributed by atoms with van der Waals surface area (Å²) in [5, 5.41) is 0. The maximum atomic E-state index is 12.8. The number of nitrogens with zero attached hydrogens (tertiary/aromatic N) is 1. The molecule has 1 aliphatic heterocycles. The molecule has 1 fully saturated rings. The molecule has 0 unspecified atom stereocenters. The first kappa shape index (κ1) is 15.1. The summed E-state index contributed by atoms with van der Waals surface area (Å²) >= 11 is 4.93. The van der Waals surface area contributed by atoms with Gasteiger partial charge in [-0.3, -0.25) is 0 Å². The molecule has 0 bridgehead atoms. The first-order chi connectivity index (χ1) is 9.13. The second kappa shape index (κ2) is 4.91. The first-order valence-electron chi connectivity index (χ1n) is 6.41. The largest absolute Gasteiger partial charge is 0.416 e. The Morgan fingerprint density at radius 3 is 2.45 bits per heavy atom. The predicted octanol–water partition coefficient (Wildman–Crippen LogP) is 3.72. The first-order valence-corrected chi connectivity index (χ1v) is 6.82. The van der Waals surface area contributed by atoms with Gasteiger partial charge in [-0.15, -0.1) is 0 Å². The van der Waals surface area contributed by atoms with Crippen LogP contribution in [0.15, 0.2) is 18.2 Å². The number of rotatable bonds is 2. The van der Waals surface area contributed by atoms with Crippen molar-refractivity contribution in [1.29, 1.82) is 0 Å². The zero-order valence-electron chi connectivity index (χ0n) is 11.4. The summed E-state index contributed by atoms with van der Waals surface area (Å²) in [7, 11) is 0. The topological polar surface area (TPSA) is 29.3 Å². The molecule has 20 heavy (non-hydrogen) atoms. The number of halogens is 3. The minimum atomic E-state index is -4.39. The van der Waals surface area contributed by atoms with Crippen LogP contribution < -0.4 is 10.6 Å². The Labute approximate surface area is 121 Å². The van der Waals surface area contributed by atoms with Crippen LogP contribution in [0, 0.1) is 0 Å². The molecule has 0 aliphatic carbocycles. The van der Waals surface area contributed by atoms with Gasteiger partial charge in [0.2, 0.25) is 0 Å². The third-order valence-electron chi connectivity index (χ3n) is 3.78. The van der Waals surface area contributed by atoms with Crippen molar-refractivity contribution >= 4 is 22.9 Å². The Hall–Kier alpha value is -1.30. The fourth-order valence-corrected chi connectivity index (χ4v) is 2.86. The monoisotopic (exact) mass is 302 g/mol. The highest BCUT2D eigenvalue weighted by Crippen LogP contribution is 2.38. The lowest BCUT2D eigenvalue weighted by Crippen LogP contribution is -2.39. The quantitative estimate of drug-likeness (QED) is 0.844. The van der Waals surface area contributed by atoms with E-state index < -0.39 is 11.7 Å². The van der Waals surface area contributed by atoms with Crippen LogP contribution in [-0.2, 0) is 6.18 Å². The minimum Gasteiger partial charge on any atom is -0.389 e. The van der Waals surface area contributed by atoms with Crippen LogP contribution in [0.2, 0.25) is 0 Å². The molecular weight excluding hydrogens is 285 g/mol. The van der Waals surface area contributed by atoms with Gasteiger partial charge in [0.1, 0.15) is 4.99 Å². The molecule has 1 aliphatic rings. The molecule has 0 atom stereocenters. The van der Waals surface area contributed by atoms with Crippen molar-refractivity contribution in [2.24, 2.45) is 5.73 Å². The standard InChI is InChI=1S/C14H17F3N2S/c1-13(2)6-3-7-19(13)11-5-4-9(14(15,16)17)8-10(11)12(18)20/h4-5,8H,3,6-7H2,1-2H3,(H2,18,20). The number of anilines is 1. The van der Waals surface area contributed by atoms with Crippen LogP contribution in [-0.4, -0.2) is 17.1 Å². The van der Waals surface area contributed by atoms with E-state index in [1.54, 1.807) is 0 Å². The predicted molar refractivity (Wildman–Crippen MR) is 78.0 cm³/mol. The fraction of sp³-hybridized carbons (Fsp3) is 0.500. The van der Waals surface area contributed by atoms with E-state index in [-0.39, 0.29) is 10.5 Å². The second-order valence-corrected chi connectivity index (χ2v) is 6.10. The maximum Gasteiger partial charge on any atom is 0.416 e. The Bertz CT molecular complexity index is 538. The average Bonchev–Trinajstić information content (AvgIpc) is 2.66. The lowest BCUT2D eigenvalue weighted by Gasteiger charge is -2.35. The average molecular weight is 302 g/mol. The molecule has 0 aromatic heterocycles. The molecule has 2 nitrogen and oxygen atoms in total. The molecule has 110 valence electrons. The number of hydrogen-bond acceptors (Lipinski definition) is 2. The molecule has 1 saturated heterocycles. The lowest BCUT2D eigenvalue weighted by molar-refractivity contribution is -0.137. The minimum absolute atomic E-state index is 0.00574. The molecule has 1 aromatic carbocycles. The number of hydrogen-bond donors (Lipinski definition) is 1. The number of benzene rings is 1. The molecule has 0 radical (unpaired) electrons. The van der Waals surface area contributed by atoms with Crippen molar-refractivity contribution < 1.29 is 13.2 Å². The Kier molecular flexibility index (Phi) is 3.71. The van der Waals surface area contributed by atoms with E-state index >= 15 is 0 Å². The molecule has 6 heteroatoms. The van der Waals surface area contributed by atoms with E-state index in [9.17, 15) is 13.2 Å². The highest BCUT2D eigenvalue weighted by Gasteiger charge is 2.35. The molecule has 1 aromatic rings. The number of thiocarbonyl (C=S) groups is 1. The van der Waals surface area contributed by atoms with Gasteiger partial charge in [-0.2, -0.15) is 13.2 Å². The van der Waals surface area contributed by atoms with Crippen LogP contribution >= 0.6 is 12.2 Å². The molecule has 2 N–H and O–H groups in total. The highest BCUT2D eigenvalue weighted by atomic mass is 32.1. The molecule has 0 saturated carbocycles. The number of alkyl halides is 3. The molecule has 0 amide bonds. The molecule has 1 heterocycles. The van der Waals surface area contributed by atoms with Crippen molar-refractivity contribution in [3.63, 3.8) is 0 Å². The van der Waals surface area contributed by atoms with E-state index in [1.165, 1.54) is 6.07 Å². The summed E-state index contributed by atoms with van der Waals surface area (Å²) in [5.41, 5.74) is 5.79. The van der Waals surface area contributed by atoms with Gasteiger partial charge in [0.15, 0.2) is 0 Å². The van der Waals surface area contributed by atoms with Gasteiger partial charge in [0.25, 0.3) is 0 Å². The van der Waals surface area contributed by atoms with Crippen molar-refractivity contribution in [2.45, 2.75) is 38.4 Å². The van der Waals surface area contributed by atoms with Crippen molar-refractivity contribution in [3.8, 4) is 0 Å². The van der Waals surface area contributed by atoms with Gasteiger partial charge < -0.3 is 10.6 Å². The van der Waals surface area contributed by atoms with Crippen LogP contribution in [0.3, 0.4) is 0 Å². The zero-order chi connectivity index (χ0) is 15.1. The van der Waals surface area contributed by atoms with Crippen molar-refractivity contribution in [1.82, 2.24) is 0 Å². The van der Waals surface area contributed by atoms with Crippen LogP contribution in [0.4, 0.5) is 18.9 Å². The van der Waals surface area contributed by atoms with Crippen LogP contribution in [0.25, 0.3) is 0 Å². The van der Waals surface area contributed by atoms with Gasteiger partial charge in [-0.05, 0) is 44.9 Å². The second-order valence-electron chi connectivity index (χ2n) is 5.66. The summed E-state index contributed by atoms with van der Waals surface area (Å²) in [5.74, 6) is 0. The van der Waals surface area contributed by atoms with E-state index in [2.05, 4.69) is 18.7 Å². The van der Waals surface area contributed by atoms with Gasteiger partial charge in [0.05, 0.1) is 5.56 Å². The summed E-state index contributed by atoms with van der Waals surface area (Å²) < 4.78 is 38.4. The Morgan fingerprint density at radius 1 is 1.35 bits per heavy atom. The summed E-state index contributed by atoms with van der Waals surface area (Å²) in [6.45, 7) is 4.94. The zero-order valence-corrected chi connectivity index (χ0v) is 12.2. The normalized spacial score (nSPS) is 18.4. The van der Waals surface area contributed by atoms with Crippen LogP contribution in [0.1, 0.15) is 37.8 Å². The van der Waals surface area contributed by atoms with E-state index in [4.69, 9.17) is 18.0 Å². The van der Waals surface area contributed by atoms with E-state index in [0.717, 1.165) is 31.5 Å². The highest BCUT2D eigenvalue weighted by molar-refractivity contribution is 7.80. The smallest absolute Gasteiger partial charge is 0.389 e. The van der Waals surface area contributed by atoms with Crippen LogP contribution in [0.5, 0.6) is 0 Å². The molecule has 2 rings (SSSR count). The molecule has 0 spiro atoms. The van der Waals surface area contributed by atoms with Gasteiger partial charge in [-0.1, -0.05) is 12.2 Å². The maximum absolute atomic E-state index is 12.8. The Morgan fingerprint density at radius 2 is 2.00 bits per heavy atom. The number of nitrogens with two attached hydrogens (primary N) is 1. The SMILES string of the molecule is CC1(C)CCCN1c1ccc(C(F)(F)F)cc1C(N)=S.